The highest BCUT2D eigenvalue weighted by atomic mass is 16.6. The van der Waals surface area contributed by atoms with Gasteiger partial charge in [0.25, 0.3) is 0 Å². The second-order valence-electron chi connectivity index (χ2n) is 5.40. The highest BCUT2D eigenvalue weighted by Crippen LogP contribution is 2.05. The first-order valence-corrected chi connectivity index (χ1v) is 7.87. The fourth-order valence-electron chi connectivity index (χ4n) is 2.11. The maximum atomic E-state index is 10.9. The molecule has 24 heavy (non-hydrogen) atoms. The van der Waals surface area contributed by atoms with Gasteiger partial charge >= 0.3 is 0 Å². The summed E-state index contributed by atoms with van der Waals surface area (Å²) in [4.78, 5) is 10.9. The van der Waals surface area contributed by atoms with Crippen molar-refractivity contribution in [2.45, 2.75) is 19.3 Å². The van der Waals surface area contributed by atoms with Gasteiger partial charge in [0, 0.05) is 0 Å². The summed E-state index contributed by atoms with van der Waals surface area (Å²) in [5.41, 5.74) is 7.29. The Morgan fingerprint density at radius 2 is 1.29 bits per heavy atom. The molecule has 0 bridgehead atoms. The molecule has 0 aliphatic carbocycles. The lowest BCUT2D eigenvalue weighted by Gasteiger charge is -2.17. The summed E-state index contributed by atoms with van der Waals surface area (Å²) in [6.07, 6.45) is -0.343. The van der Waals surface area contributed by atoms with Crippen LogP contribution in [0.4, 0.5) is 0 Å². The van der Waals surface area contributed by atoms with Crippen molar-refractivity contribution in [3.63, 3.8) is 0 Å². The number of hydrogen-bond acceptors (Lipinski definition) is 4. The van der Waals surface area contributed by atoms with Crippen molar-refractivity contribution in [3.05, 3.63) is 71.8 Å². The fourth-order valence-corrected chi connectivity index (χ4v) is 2.11. The molecule has 2 N–H and O–H groups in total. The number of ether oxygens (including phenoxy) is 3. The number of rotatable bonds is 11. The summed E-state index contributed by atoms with van der Waals surface area (Å²) in [5, 5.41) is 0. The zero-order valence-electron chi connectivity index (χ0n) is 13.6. The zero-order valence-corrected chi connectivity index (χ0v) is 13.6. The molecular formula is C19H23NO4. The van der Waals surface area contributed by atoms with E-state index in [1.165, 1.54) is 0 Å². The van der Waals surface area contributed by atoms with Gasteiger partial charge in [0.15, 0.2) is 0 Å². The van der Waals surface area contributed by atoms with E-state index in [9.17, 15) is 4.79 Å². The molecule has 0 saturated heterocycles. The SMILES string of the molecule is NC(=O)COC(COCc1ccccc1)COCc1ccccc1. The first-order valence-electron chi connectivity index (χ1n) is 7.87. The van der Waals surface area contributed by atoms with E-state index in [2.05, 4.69) is 0 Å². The van der Waals surface area contributed by atoms with E-state index in [4.69, 9.17) is 19.9 Å². The summed E-state index contributed by atoms with van der Waals surface area (Å²) in [5.74, 6) is -0.508. The van der Waals surface area contributed by atoms with Crippen LogP contribution in [0.25, 0.3) is 0 Å². The molecule has 128 valence electrons. The van der Waals surface area contributed by atoms with Crippen LogP contribution in [0.5, 0.6) is 0 Å². The molecule has 0 unspecified atom stereocenters. The van der Waals surface area contributed by atoms with Gasteiger partial charge in [0.05, 0.1) is 26.4 Å². The first kappa shape index (κ1) is 18.1. The lowest BCUT2D eigenvalue weighted by molar-refractivity contribution is -0.129. The molecule has 0 heterocycles. The van der Waals surface area contributed by atoms with Gasteiger partial charge in [-0.15, -0.1) is 0 Å². The van der Waals surface area contributed by atoms with E-state index in [1.807, 2.05) is 60.7 Å². The number of primary amides is 1. The number of benzene rings is 2. The summed E-state index contributed by atoms with van der Waals surface area (Å²) in [6.45, 7) is 1.48. The van der Waals surface area contributed by atoms with E-state index in [0.717, 1.165) is 11.1 Å². The molecule has 0 fully saturated rings. The highest BCUT2D eigenvalue weighted by molar-refractivity contribution is 5.75. The second kappa shape index (κ2) is 10.5. The lowest BCUT2D eigenvalue weighted by Crippen LogP contribution is -2.30. The monoisotopic (exact) mass is 329 g/mol. The number of carbonyl (C=O) groups excluding carboxylic acids is 1. The Balaban J connectivity index is 1.74. The maximum Gasteiger partial charge on any atom is 0.243 e. The van der Waals surface area contributed by atoms with Crippen molar-refractivity contribution in [2.75, 3.05) is 19.8 Å². The number of carbonyl (C=O) groups is 1. The molecule has 0 radical (unpaired) electrons. The van der Waals surface area contributed by atoms with Crippen LogP contribution in [-0.4, -0.2) is 31.8 Å². The second-order valence-corrected chi connectivity index (χ2v) is 5.40. The Morgan fingerprint density at radius 3 is 1.71 bits per heavy atom. The topological polar surface area (TPSA) is 70.8 Å². The van der Waals surface area contributed by atoms with E-state index in [-0.39, 0.29) is 12.7 Å². The van der Waals surface area contributed by atoms with Crippen LogP contribution in [0.15, 0.2) is 60.7 Å². The van der Waals surface area contributed by atoms with Crippen molar-refractivity contribution >= 4 is 5.91 Å². The molecule has 0 aromatic heterocycles. The van der Waals surface area contributed by atoms with E-state index >= 15 is 0 Å². The largest absolute Gasteiger partial charge is 0.374 e. The van der Waals surface area contributed by atoms with Gasteiger partial charge < -0.3 is 19.9 Å². The Morgan fingerprint density at radius 1 is 0.833 bits per heavy atom. The standard InChI is InChI=1S/C19H23NO4/c20-19(21)15-24-18(13-22-11-16-7-3-1-4-8-16)14-23-12-17-9-5-2-6-10-17/h1-10,18H,11-15H2,(H2,20,21). The Bertz CT molecular complexity index is 543. The summed E-state index contributed by atoms with van der Waals surface area (Å²) in [6, 6.07) is 19.7. The number of amides is 1. The number of nitrogens with two attached hydrogens (primary N) is 1. The molecular weight excluding hydrogens is 306 g/mol. The van der Waals surface area contributed by atoms with E-state index in [0.29, 0.717) is 26.4 Å². The Labute approximate surface area is 142 Å². The molecule has 0 aliphatic rings. The van der Waals surface area contributed by atoms with Crippen LogP contribution < -0.4 is 5.73 Å². The smallest absolute Gasteiger partial charge is 0.243 e. The molecule has 2 aromatic rings. The third-order valence-corrected chi connectivity index (χ3v) is 3.29. The molecule has 0 atom stereocenters. The summed E-state index contributed by atoms with van der Waals surface area (Å²) >= 11 is 0. The van der Waals surface area contributed by atoms with Crippen LogP contribution >= 0.6 is 0 Å². The normalized spacial score (nSPS) is 10.9. The Hall–Kier alpha value is -2.21. The van der Waals surface area contributed by atoms with Crippen molar-refractivity contribution in [3.8, 4) is 0 Å². The minimum absolute atomic E-state index is 0.145. The highest BCUT2D eigenvalue weighted by Gasteiger charge is 2.12. The molecule has 2 aromatic carbocycles. The van der Waals surface area contributed by atoms with Gasteiger partial charge in [-0.2, -0.15) is 0 Å². The molecule has 0 spiro atoms. The van der Waals surface area contributed by atoms with Gasteiger partial charge in [-0.05, 0) is 11.1 Å². The third-order valence-electron chi connectivity index (χ3n) is 3.29. The van der Waals surface area contributed by atoms with Gasteiger partial charge in [0.1, 0.15) is 12.7 Å². The third kappa shape index (κ3) is 7.37. The first-order chi connectivity index (χ1) is 11.7. The summed E-state index contributed by atoms with van der Waals surface area (Å²) < 4.78 is 16.8. The number of hydrogen-bond donors (Lipinski definition) is 1. The molecule has 0 saturated carbocycles. The van der Waals surface area contributed by atoms with Crippen LogP contribution in [0.1, 0.15) is 11.1 Å². The molecule has 0 aliphatic heterocycles. The lowest BCUT2D eigenvalue weighted by atomic mass is 10.2. The molecule has 1 amide bonds. The van der Waals surface area contributed by atoms with Crippen LogP contribution in [0, 0.1) is 0 Å². The van der Waals surface area contributed by atoms with Gasteiger partial charge in [-0.1, -0.05) is 60.7 Å². The zero-order chi connectivity index (χ0) is 17.0. The predicted molar refractivity (Wildman–Crippen MR) is 91.1 cm³/mol. The van der Waals surface area contributed by atoms with Crippen molar-refractivity contribution in [2.24, 2.45) is 5.73 Å². The molecule has 5 heteroatoms. The van der Waals surface area contributed by atoms with Crippen molar-refractivity contribution < 1.29 is 19.0 Å². The Kier molecular flexibility index (Phi) is 7.97. The van der Waals surface area contributed by atoms with Crippen LogP contribution in [0.2, 0.25) is 0 Å². The van der Waals surface area contributed by atoms with Gasteiger partial charge in [0.2, 0.25) is 5.91 Å². The quantitative estimate of drug-likeness (QED) is 0.687. The molecule has 5 nitrogen and oxygen atoms in total. The maximum absolute atomic E-state index is 10.9. The van der Waals surface area contributed by atoms with Crippen LogP contribution in [0.3, 0.4) is 0 Å². The van der Waals surface area contributed by atoms with E-state index < -0.39 is 5.91 Å². The summed E-state index contributed by atoms with van der Waals surface area (Å²) in [7, 11) is 0. The fraction of sp³-hybridized carbons (Fsp3) is 0.316. The minimum Gasteiger partial charge on any atom is -0.374 e. The predicted octanol–water partition coefficient (Wildman–Crippen LogP) is 2.29. The average Bonchev–Trinajstić information content (AvgIpc) is 2.61. The minimum atomic E-state index is -0.508. The average molecular weight is 329 g/mol. The van der Waals surface area contributed by atoms with Crippen molar-refractivity contribution in [1.29, 1.82) is 0 Å². The van der Waals surface area contributed by atoms with Crippen LogP contribution in [-0.2, 0) is 32.2 Å². The van der Waals surface area contributed by atoms with Crippen molar-refractivity contribution in [1.82, 2.24) is 0 Å². The molecule has 2 rings (SSSR count). The van der Waals surface area contributed by atoms with Gasteiger partial charge in [-0.25, -0.2) is 0 Å². The van der Waals surface area contributed by atoms with E-state index in [1.54, 1.807) is 0 Å². The van der Waals surface area contributed by atoms with Gasteiger partial charge in [-0.3, -0.25) is 4.79 Å².